The van der Waals surface area contributed by atoms with Crippen LogP contribution in [0.25, 0.3) is 6.08 Å². The molecule has 1 aromatic rings. The largest absolute Gasteiger partial charge is 0.377 e. The first-order valence-corrected chi connectivity index (χ1v) is 5.91. The minimum atomic E-state index is -0.389. The van der Waals surface area contributed by atoms with Gasteiger partial charge in [-0.25, -0.2) is 0 Å². The third-order valence-corrected chi connectivity index (χ3v) is 3.03. The first-order valence-electron chi connectivity index (χ1n) is 5.53. The molecule has 1 saturated heterocycles. The van der Waals surface area contributed by atoms with Crippen molar-refractivity contribution in [2.75, 3.05) is 13.1 Å². The molecule has 1 fully saturated rings. The molecule has 4 nitrogen and oxygen atoms in total. The van der Waals surface area contributed by atoms with E-state index in [0.717, 1.165) is 13.1 Å². The summed E-state index contributed by atoms with van der Waals surface area (Å²) in [6.45, 7) is 2.04. The zero-order valence-corrected chi connectivity index (χ0v) is 10.1. The average molecular weight is 253 g/mol. The van der Waals surface area contributed by atoms with Crippen LogP contribution >= 0.6 is 11.6 Å². The summed E-state index contributed by atoms with van der Waals surface area (Å²) in [6.07, 6.45) is 6.03. The lowest BCUT2D eigenvalue weighted by molar-refractivity contribution is -0.385. The van der Waals surface area contributed by atoms with Gasteiger partial charge in [0.2, 0.25) is 0 Å². The Balaban J connectivity index is 2.23. The zero-order valence-electron chi connectivity index (χ0n) is 9.30. The molecule has 0 radical (unpaired) electrons. The van der Waals surface area contributed by atoms with Crippen LogP contribution in [0.5, 0.6) is 0 Å². The second-order valence-electron chi connectivity index (χ2n) is 4.02. The van der Waals surface area contributed by atoms with Crippen LogP contribution in [0.3, 0.4) is 0 Å². The molecule has 0 amide bonds. The van der Waals surface area contributed by atoms with E-state index in [0.29, 0.717) is 10.6 Å². The van der Waals surface area contributed by atoms with E-state index >= 15 is 0 Å². The van der Waals surface area contributed by atoms with Crippen molar-refractivity contribution < 1.29 is 4.92 Å². The first-order chi connectivity index (χ1) is 8.16. The average Bonchev–Trinajstić information content (AvgIpc) is 2.78. The predicted molar refractivity (Wildman–Crippen MR) is 67.9 cm³/mol. The molecule has 0 bridgehead atoms. The van der Waals surface area contributed by atoms with E-state index in [-0.39, 0.29) is 10.6 Å². The van der Waals surface area contributed by atoms with Crippen LogP contribution in [0.4, 0.5) is 5.69 Å². The van der Waals surface area contributed by atoms with E-state index in [2.05, 4.69) is 4.90 Å². The van der Waals surface area contributed by atoms with Crippen molar-refractivity contribution >= 4 is 23.4 Å². The monoisotopic (exact) mass is 252 g/mol. The Morgan fingerprint density at radius 2 is 2.06 bits per heavy atom. The summed E-state index contributed by atoms with van der Waals surface area (Å²) in [5.41, 5.74) is 0.638. The Labute approximate surface area is 105 Å². The van der Waals surface area contributed by atoms with Crippen molar-refractivity contribution in [3.63, 3.8) is 0 Å². The predicted octanol–water partition coefficient (Wildman–Crippen LogP) is 3.31. The number of benzene rings is 1. The SMILES string of the molecule is O=[N+]([O-])c1ccc(Cl)cc1C=CN1CCCC1. The Bertz CT molecular complexity index is 454. The van der Waals surface area contributed by atoms with Gasteiger partial charge in [-0.2, -0.15) is 0 Å². The Morgan fingerprint density at radius 1 is 1.35 bits per heavy atom. The van der Waals surface area contributed by atoms with Gasteiger partial charge < -0.3 is 4.90 Å². The van der Waals surface area contributed by atoms with E-state index in [9.17, 15) is 10.1 Å². The molecule has 0 N–H and O–H groups in total. The van der Waals surface area contributed by atoms with Crippen molar-refractivity contribution in [1.29, 1.82) is 0 Å². The van der Waals surface area contributed by atoms with Crippen LogP contribution in [0.15, 0.2) is 24.4 Å². The normalized spacial score (nSPS) is 15.7. The van der Waals surface area contributed by atoms with Gasteiger partial charge in [0.05, 0.1) is 10.5 Å². The highest BCUT2D eigenvalue weighted by Gasteiger charge is 2.12. The Hall–Kier alpha value is -1.55. The summed E-state index contributed by atoms with van der Waals surface area (Å²) >= 11 is 5.85. The molecule has 0 atom stereocenters. The van der Waals surface area contributed by atoms with Gasteiger partial charge in [0, 0.05) is 24.2 Å². The Morgan fingerprint density at radius 3 is 2.71 bits per heavy atom. The standard InChI is InChI=1S/C12H13ClN2O2/c13-11-3-4-12(15(16)17)10(9-11)5-8-14-6-1-2-7-14/h3-5,8-9H,1-2,6-7H2. The molecule has 1 aliphatic rings. The molecule has 0 aliphatic carbocycles. The molecule has 0 unspecified atom stereocenters. The summed E-state index contributed by atoms with van der Waals surface area (Å²) in [4.78, 5) is 12.6. The third kappa shape index (κ3) is 2.97. The van der Waals surface area contributed by atoms with Crippen LogP contribution in [-0.2, 0) is 0 Å². The summed E-state index contributed by atoms with van der Waals surface area (Å²) in [5.74, 6) is 0. The molecule has 5 heteroatoms. The van der Waals surface area contributed by atoms with Gasteiger partial charge in [0.15, 0.2) is 0 Å². The number of nitro benzene ring substituents is 1. The number of hydrogen-bond donors (Lipinski definition) is 0. The van der Waals surface area contributed by atoms with Crippen molar-refractivity contribution in [3.8, 4) is 0 Å². The highest BCUT2D eigenvalue weighted by Crippen LogP contribution is 2.24. The fourth-order valence-electron chi connectivity index (χ4n) is 1.90. The molecule has 90 valence electrons. The maximum atomic E-state index is 10.8. The van der Waals surface area contributed by atoms with Gasteiger partial charge in [-0.15, -0.1) is 0 Å². The fraction of sp³-hybridized carbons (Fsp3) is 0.333. The number of nitrogens with zero attached hydrogens (tertiary/aromatic N) is 2. The maximum Gasteiger partial charge on any atom is 0.276 e. The smallest absolute Gasteiger partial charge is 0.276 e. The molecule has 0 spiro atoms. The van der Waals surface area contributed by atoms with E-state index < -0.39 is 0 Å². The van der Waals surface area contributed by atoms with Gasteiger partial charge >= 0.3 is 0 Å². The van der Waals surface area contributed by atoms with Crippen molar-refractivity contribution in [2.45, 2.75) is 12.8 Å². The number of rotatable bonds is 3. The number of hydrogen-bond acceptors (Lipinski definition) is 3. The van der Waals surface area contributed by atoms with Gasteiger partial charge in [-0.05, 0) is 37.3 Å². The van der Waals surface area contributed by atoms with Crippen LogP contribution < -0.4 is 0 Å². The Kier molecular flexibility index (Phi) is 3.64. The maximum absolute atomic E-state index is 10.8. The highest BCUT2D eigenvalue weighted by atomic mass is 35.5. The van der Waals surface area contributed by atoms with E-state index in [1.807, 2.05) is 6.20 Å². The number of halogens is 1. The topological polar surface area (TPSA) is 46.4 Å². The van der Waals surface area contributed by atoms with Crippen LogP contribution in [0.2, 0.25) is 5.02 Å². The number of nitro groups is 1. The molecular formula is C12H13ClN2O2. The molecule has 1 aliphatic heterocycles. The lowest BCUT2D eigenvalue weighted by atomic mass is 10.2. The molecule has 1 aromatic carbocycles. The van der Waals surface area contributed by atoms with E-state index in [1.165, 1.54) is 25.0 Å². The van der Waals surface area contributed by atoms with E-state index in [1.54, 1.807) is 12.1 Å². The van der Waals surface area contributed by atoms with Gasteiger partial charge in [0.1, 0.15) is 0 Å². The summed E-state index contributed by atoms with van der Waals surface area (Å²) in [5, 5.41) is 11.4. The van der Waals surface area contributed by atoms with Crippen molar-refractivity contribution in [2.24, 2.45) is 0 Å². The van der Waals surface area contributed by atoms with Crippen molar-refractivity contribution in [1.82, 2.24) is 4.90 Å². The summed E-state index contributed by atoms with van der Waals surface area (Å²) in [7, 11) is 0. The number of likely N-dealkylation sites (tertiary alicyclic amines) is 1. The van der Waals surface area contributed by atoms with Crippen molar-refractivity contribution in [3.05, 3.63) is 45.1 Å². The molecule has 2 rings (SSSR count). The molecular weight excluding hydrogens is 240 g/mol. The second-order valence-corrected chi connectivity index (χ2v) is 4.46. The molecule has 1 heterocycles. The van der Waals surface area contributed by atoms with Crippen LogP contribution in [0, 0.1) is 10.1 Å². The molecule has 0 saturated carbocycles. The van der Waals surface area contributed by atoms with Gasteiger partial charge in [-0.1, -0.05) is 11.6 Å². The second kappa shape index (κ2) is 5.19. The minimum absolute atomic E-state index is 0.0878. The van der Waals surface area contributed by atoms with Crippen LogP contribution in [0.1, 0.15) is 18.4 Å². The van der Waals surface area contributed by atoms with Gasteiger partial charge in [-0.3, -0.25) is 10.1 Å². The lowest BCUT2D eigenvalue weighted by Gasteiger charge is -2.10. The summed E-state index contributed by atoms with van der Waals surface area (Å²) < 4.78 is 0. The van der Waals surface area contributed by atoms with Crippen LogP contribution in [-0.4, -0.2) is 22.9 Å². The fourth-order valence-corrected chi connectivity index (χ4v) is 2.08. The lowest BCUT2D eigenvalue weighted by Crippen LogP contribution is -2.10. The first kappa shape index (κ1) is 11.9. The third-order valence-electron chi connectivity index (χ3n) is 2.79. The molecule has 0 aromatic heterocycles. The quantitative estimate of drug-likeness (QED) is 0.612. The highest BCUT2D eigenvalue weighted by molar-refractivity contribution is 6.30. The zero-order chi connectivity index (χ0) is 12.3. The minimum Gasteiger partial charge on any atom is -0.377 e. The molecule has 17 heavy (non-hydrogen) atoms. The van der Waals surface area contributed by atoms with E-state index in [4.69, 9.17) is 11.6 Å². The van der Waals surface area contributed by atoms with Gasteiger partial charge in [0.25, 0.3) is 5.69 Å². The summed E-state index contributed by atoms with van der Waals surface area (Å²) in [6, 6.07) is 4.59.